The summed E-state index contributed by atoms with van der Waals surface area (Å²) in [6, 6.07) is 7.95. The van der Waals surface area contributed by atoms with Crippen molar-refractivity contribution in [3.05, 3.63) is 41.0 Å². The number of fused-ring (bicyclic) bond motifs is 1. The van der Waals surface area contributed by atoms with E-state index in [0.29, 0.717) is 5.75 Å². The molecule has 1 aliphatic rings. The Morgan fingerprint density at radius 3 is 2.96 bits per heavy atom. The molecule has 1 aliphatic heterocycles. The number of benzene rings is 1. The largest absolute Gasteiger partial charge is 0.368 e. The Balaban J connectivity index is 1.46. The predicted octanol–water partition coefficient (Wildman–Crippen LogP) is 2.78. The first-order chi connectivity index (χ1) is 11.2. The van der Waals surface area contributed by atoms with E-state index in [4.69, 9.17) is 0 Å². The van der Waals surface area contributed by atoms with Gasteiger partial charge in [-0.05, 0) is 25.1 Å². The summed E-state index contributed by atoms with van der Waals surface area (Å²) in [6.45, 7) is 1.94. The number of aliphatic hydroxyl groups excluding tert-OH is 1. The number of thioether (sulfide) groups is 1. The van der Waals surface area contributed by atoms with Crippen molar-refractivity contribution < 1.29 is 5.11 Å². The van der Waals surface area contributed by atoms with Crippen LogP contribution in [0.25, 0.3) is 10.2 Å². The van der Waals surface area contributed by atoms with E-state index in [1.807, 2.05) is 31.2 Å². The molecule has 9 heteroatoms. The number of para-hydroxylation sites is 1. The van der Waals surface area contributed by atoms with E-state index in [-0.39, 0.29) is 0 Å². The normalized spacial score (nSPS) is 17.6. The molecule has 0 radical (unpaired) electrons. The number of hydrogen-bond donors (Lipinski definition) is 2. The SMILES string of the molecule is Cc1nnc(SCC2=CC(O)N(c3nc4ccccc4s3)N2)s1. The average molecular weight is 363 g/mol. The van der Waals surface area contributed by atoms with Gasteiger partial charge < -0.3 is 5.11 Å². The molecule has 0 saturated carbocycles. The molecule has 118 valence electrons. The third-order valence-corrected chi connectivity index (χ3v) is 6.28. The molecule has 23 heavy (non-hydrogen) atoms. The molecule has 2 N–H and O–H groups in total. The first-order valence-corrected chi connectivity index (χ1v) is 9.54. The summed E-state index contributed by atoms with van der Waals surface area (Å²) in [5, 5.41) is 21.7. The summed E-state index contributed by atoms with van der Waals surface area (Å²) >= 11 is 4.72. The van der Waals surface area contributed by atoms with Crippen LogP contribution >= 0.6 is 34.4 Å². The first kappa shape index (κ1) is 14.9. The van der Waals surface area contributed by atoms with E-state index in [9.17, 15) is 5.11 Å². The number of hydrogen-bond acceptors (Lipinski definition) is 9. The van der Waals surface area contributed by atoms with Crippen molar-refractivity contribution in [1.82, 2.24) is 20.6 Å². The summed E-state index contributed by atoms with van der Waals surface area (Å²) in [5.41, 5.74) is 5.10. The molecule has 0 spiro atoms. The van der Waals surface area contributed by atoms with Crippen molar-refractivity contribution in [3.63, 3.8) is 0 Å². The third kappa shape index (κ3) is 3.05. The lowest BCUT2D eigenvalue weighted by Crippen LogP contribution is -2.38. The maximum Gasteiger partial charge on any atom is 0.208 e. The van der Waals surface area contributed by atoms with Crippen molar-refractivity contribution in [2.24, 2.45) is 0 Å². The highest BCUT2D eigenvalue weighted by atomic mass is 32.2. The van der Waals surface area contributed by atoms with E-state index in [0.717, 1.165) is 30.4 Å². The Bertz CT molecular complexity index is 841. The van der Waals surface area contributed by atoms with Crippen molar-refractivity contribution >= 4 is 49.8 Å². The standard InChI is InChI=1S/C14H13N5OS3/c1-8-16-17-14(22-8)21-7-9-6-12(20)19(18-9)13-15-10-4-2-3-5-11(10)23-13/h2-6,12,18,20H,7H2,1H3. The second kappa shape index (κ2) is 6.08. The predicted molar refractivity (Wildman–Crippen MR) is 94.7 cm³/mol. The minimum absolute atomic E-state index is 0.701. The van der Waals surface area contributed by atoms with Crippen molar-refractivity contribution in [1.29, 1.82) is 0 Å². The van der Waals surface area contributed by atoms with Crippen LogP contribution in [0.3, 0.4) is 0 Å². The lowest BCUT2D eigenvalue weighted by Gasteiger charge is -2.20. The molecular weight excluding hydrogens is 350 g/mol. The Kier molecular flexibility index (Phi) is 3.93. The number of thiazole rings is 1. The summed E-state index contributed by atoms with van der Waals surface area (Å²) < 4.78 is 2.03. The number of nitrogens with one attached hydrogen (secondary N) is 1. The minimum Gasteiger partial charge on any atom is -0.368 e. The van der Waals surface area contributed by atoms with Crippen LogP contribution in [0.2, 0.25) is 0 Å². The molecule has 2 aromatic heterocycles. The number of rotatable bonds is 4. The number of hydrazine groups is 1. The molecule has 3 aromatic rings. The zero-order chi connectivity index (χ0) is 15.8. The first-order valence-electron chi connectivity index (χ1n) is 6.92. The number of aryl methyl sites for hydroxylation is 1. The fourth-order valence-electron chi connectivity index (χ4n) is 2.19. The highest BCUT2D eigenvalue weighted by molar-refractivity contribution is 8.01. The second-order valence-electron chi connectivity index (χ2n) is 4.93. The number of anilines is 1. The van der Waals surface area contributed by atoms with Gasteiger partial charge in [0.2, 0.25) is 5.13 Å². The topological polar surface area (TPSA) is 74.2 Å². The average Bonchev–Trinajstić information content (AvgIpc) is 3.23. The zero-order valence-corrected chi connectivity index (χ0v) is 14.6. The molecule has 1 aromatic carbocycles. The smallest absolute Gasteiger partial charge is 0.208 e. The van der Waals surface area contributed by atoms with Gasteiger partial charge >= 0.3 is 0 Å². The van der Waals surface area contributed by atoms with Gasteiger partial charge in [-0.15, -0.1) is 10.2 Å². The zero-order valence-electron chi connectivity index (χ0n) is 12.1. The maximum absolute atomic E-state index is 10.3. The van der Waals surface area contributed by atoms with E-state index in [1.165, 1.54) is 0 Å². The van der Waals surface area contributed by atoms with Crippen LogP contribution in [0.1, 0.15) is 5.01 Å². The molecule has 0 saturated heterocycles. The van der Waals surface area contributed by atoms with Gasteiger partial charge in [-0.25, -0.2) is 9.99 Å². The quantitative estimate of drug-likeness (QED) is 0.691. The lowest BCUT2D eigenvalue weighted by atomic mass is 10.3. The Hall–Kier alpha value is -1.68. The van der Waals surface area contributed by atoms with Gasteiger partial charge in [-0.1, -0.05) is 46.6 Å². The molecular formula is C14H13N5OS3. The number of aliphatic hydroxyl groups is 1. The minimum atomic E-state index is -0.720. The van der Waals surface area contributed by atoms with Crippen LogP contribution in [0, 0.1) is 6.92 Å². The van der Waals surface area contributed by atoms with Gasteiger partial charge in [0.15, 0.2) is 10.6 Å². The van der Waals surface area contributed by atoms with Crippen molar-refractivity contribution in [2.75, 3.05) is 10.8 Å². The molecule has 1 atom stereocenters. The van der Waals surface area contributed by atoms with Gasteiger partial charge in [0.05, 0.1) is 10.2 Å². The molecule has 6 nitrogen and oxygen atoms in total. The molecule has 0 fully saturated rings. The molecule has 4 rings (SSSR count). The van der Waals surface area contributed by atoms with E-state index in [2.05, 4.69) is 20.6 Å². The van der Waals surface area contributed by atoms with Gasteiger partial charge in [-0.3, -0.25) is 5.43 Å². The Morgan fingerprint density at radius 1 is 1.30 bits per heavy atom. The van der Waals surface area contributed by atoms with Gasteiger partial charge in [0.25, 0.3) is 0 Å². The number of aromatic nitrogens is 3. The second-order valence-corrected chi connectivity index (χ2v) is 8.34. The van der Waals surface area contributed by atoms with Crippen LogP contribution in [0.15, 0.2) is 40.4 Å². The fraction of sp³-hybridized carbons (Fsp3) is 0.214. The summed E-state index contributed by atoms with van der Waals surface area (Å²) in [4.78, 5) is 4.56. The van der Waals surface area contributed by atoms with Crippen molar-refractivity contribution in [2.45, 2.75) is 17.5 Å². The molecule has 1 unspecified atom stereocenters. The Labute approximate surface area is 144 Å². The van der Waals surface area contributed by atoms with Crippen LogP contribution in [0.5, 0.6) is 0 Å². The molecule has 0 bridgehead atoms. The van der Waals surface area contributed by atoms with Crippen LogP contribution in [-0.2, 0) is 0 Å². The maximum atomic E-state index is 10.3. The van der Waals surface area contributed by atoms with Crippen molar-refractivity contribution in [3.8, 4) is 0 Å². The lowest BCUT2D eigenvalue weighted by molar-refractivity contribution is 0.218. The van der Waals surface area contributed by atoms with E-state index >= 15 is 0 Å². The summed E-state index contributed by atoms with van der Waals surface area (Å²) in [6.07, 6.45) is 1.08. The highest BCUT2D eigenvalue weighted by Gasteiger charge is 2.25. The van der Waals surface area contributed by atoms with E-state index in [1.54, 1.807) is 45.5 Å². The van der Waals surface area contributed by atoms with Gasteiger partial charge in [-0.2, -0.15) is 0 Å². The highest BCUT2D eigenvalue weighted by Crippen LogP contribution is 2.31. The van der Waals surface area contributed by atoms with Crippen LogP contribution in [-0.4, -0.2) is 32.3 Å². The third-order valence-electron chi connectivity index (χ3n) is 3.23. The number of nitrogens with zero attached hydrogens (tertiary/aromatic N) is 4. The monoisotopic (exact) mass is 363 g/mol. The van der Waals surface area contributed by atoms with Crippen LogP contribution < -0.4 is 10.4 Å². The molecule has 0 amide bonds. The summed E-state index contributed by atoms with van der Waals surface area (Å²) in [7, 11) is 0. The summed E-state index contributed by atoms with van der Waals surface area (Å²) in [5.74, 6) is 0.701. The molecule has 0 aliphatic carbocycles. The Morgan fingerprint density at radius 2 is 2.17 bits per heavy atom. The van der Waals surface area contributed by atoms with E-state index < -0.39 is 6.23 Å². The van der Waals surface area contributed by atoms with Gasteiger partial charge in [0.1, 0.15) is 5.01 Å². The fourth-order valence-corrected chi connectivity index (χ4v) is 4.88. The van der Waals surface area contributed by atoms with Gasteiger partial charge in [0, 0.05) is 11.4 Å². The van der Waals surface area contributed by atoms with Crippen LogP contribution in [0.4, 0.5) is 5.13 Å². The molecule has 3 heterocycles.